The molecule has 3 atom stereocenters. The SMILES string of the molecule is C.C.CN.CN.CN.COCCOCN(C(=O)OC(C)(C)C)C1=N[C@](C)(c2cc(Br)ccc2F)CS(C)(C)(C)(C)C1(C)C.COCCOCN(C(=O)OC(C)(C)C)C1=N[C@](C)(c2cc(Cc3nccc4nc(C)cnc34)ccc2F)CS(C)(C)(C)(C)C1(C)C.Cc1cnc2c(Cc3ccc(F)c([C@]4(C)CS(C)(C)(C)(C)C(C)(C)C(N)=N4)c3)nccc2n1.O.O.O.[B]. The molecule has 0 saturated carbocycles. The number of ether oxygens (including phenoxy) is 6. The highest BCUT2D eigenvalue weighted by molar-refractivity contribution is 9.10. The summed E-state index contributed by atoms with van der Waals surface area (Å²) >= 11 is 3.49. The quantitative estimate of drug-likeness (QED) is 0.0374. The maximum Gasteiger partial charge on any atom is 0.417 e. The predicted octanol–water partition coefficient (Wildman–Crippen LogP) is 14.9. The van der Waals surface area contributed by atoms with Crippen LogP contribution in [-0.4, -0.2) is 287 Å². The Hall–Kier alpha value is -7.03. The number of halogens is 4. The number of aromatic nitrogens is 6. The minimum absolute atomic E-state index is 0. The van der Waals surface area contributed by atoms with Crippen molar-refractivity contribution in [1.82, 2.24) is 39.7 Å². The van der Waals surface area contributed by atoms with Crippen molar-refractivity contribution in [2.75, 3.05) is 168 Å². The second-order valence-corrected chi connectivity index (χ2v) is 74.8. The monoisotopic (exact) mass is 1900 g/mol. The van der Waals surface area contributed by atoms with Crippen LogP contribution in [0.2, 0.25) is 0 Å². The fourth-order valence-corrected chi connectivity index (χ4v) is 28.4. The molecule has 3 radical (unpaired) electrons. The number of rotatable bonds is 17. The van der Waals surface area contributed by atoms with Crippen molar-refractivity contribution < 1.29 is 67.6 Å². The summed E-state index contributed by atoms with van der Waals surface area (Å²) in [4.78, 5) is 73.3. The van der Waals surface area contributed by atoms with Crippen LogP contribution in [0.1, 0.15) is 169 Å². The van der Waals surface area contributed by atoms with E-state index < -0.39 is 74.4 Å². The third-order valence-electron chi connectivity index (χ3n) is 24.6. The van der Waals surface area contributed by atoms with Crippen molar-refractivity contribution in [2.24, 2.45) is 37.9 Å². The Labute approximate surface area is 760 Å². The van der Waals surface area contributed by atoms with Crippen molar-refractivity contribution in [3.63, 3.8) is 0 Å². The molecular weight excluding hydrogens is 1740 g/mol. The molecule has 7 heterocycles. The highest BCUT2D eigenvalue weighted by Gasteiger charge is 2.68. The van der Waals surface area contributed by atoms with Crippen molar-refractivity contribution >= 4 is 101 Å². The van der Waals surface area contributed by atoms with Crippen LogP contribution in [-0.2, 0) is 57.9 Å². The van der Waals surface area contributed by atoms with Crippen LogP contribution >= 0.6 is 40.8 Å². The first-order chi connectivity index (χ1) is 54.5. The summed E-state index contributed by atoms with van der Waals surface area (Å²) < 4.78 is 79.7. The van der Waals surface area contributed by atoms with Gasteiger partial charge in [-0.2, -0.15) is 0 Å². The lowest BCUT2D eigenvalue weighted by Crippen LogP contribution is -2.67. The van der Waals surface area contributed by atoms with Gasteiger partial charge in [0.2, 0.25) is 0 Å². The normalized spacial score (nSPS) is 22.9. The van der Waals surface area contributed by atoms with Gasteiger partial charge in [-0.05, 0) is 285 Å². The zero-order valence-corrected chi connectivity index (χ0v) is 84.8. The maximum atomic E-state index is 16.1. The summed E-state index contributed by atoms with van der Waals surface area (Å²) in [6.07, 6.45) is 34.4. The number of nitrogens with zero attached hydrogens (tertiary/aromatic N) is 11. The molecule has 0 aliphatic carbocycles. The molecule has 4 aromatic heterocycles. The van der Waals surface area contributed by atoms with E-state index in [-0.39, 0.29) is 82.0 Å². The molecule has 0 bridgehead atoms. The molecule has 34 heteroatoms. The fourth-order valence-electron chi connectivity index (χ4n) is 15.7. The second kappa shape index (κ2) is 40.8. The smallest absolute Gasteiger partial charge is 0.417 e. The largest absolute Gasteiger partial charge is 0.443 e. The van der Waals surface area contributed by atoms with E-state index in [1.165, 1.54) is 43.1 Å². The Balaban J connectivity index is 0. The van der Waals surface area contributed by atoms with Gasteiger partial charge in [-0.15, -0.1) is 0 Å². The number of pyridine rings is 2. The van der Waals surface area contributed by atoms with Crippen LogP contribution in [0.5, 0.6) is 0 Å². The molecule has 0 saturated heterocycles. The number of hydrogen-bond donors (Lipinski definition) is 4. The lowest BCUT2D eigenvalue weighted by Gasteiger charge is -2.81. The van der Waals surface area contributed by atoms with Crippen molar-refractivity contribution in [3.8, 4) is 0 Å². The number of carbonyl (C=O) groups is 2. The Bertz CT molecular complexity index is 5020. The van der Waals surface area contributed by atoms with Crippen LogP contribution in [0.4, 0.5) is 22.8 Å². The van der Waals surface area contributed by atoms with E-state index in [4.69, 9.17) is 49.1 Å². The predicted molar refractivity (Wildman–Crippen MR) is 538 cm³/mol. The minimum Gasteiger partial charge on any atom is -0.443 e. The van der Waals surface area contributed by atoms with E-state index in [0.717, 1.165) is 66.2 Å². The molecule has 3 aromatic carbocycles. The third kappa shape index (κ3) is 26.4. The molecule has 3 aliphatic heterocycles. The van der Waals surface area contributed by atoms with Gasteiger partial charge in [-0.25, -0.2) is 42.5 Å². The molecule has 126 heavy (non-hydrogen) atoms. The van der Waals surface area contributed by atoms with Gasteiger partial charge in [-0.3, -0.25) is 59.8 Å². The van der Waals surface area contributed by atoms with Crippen LogP contribution in [0.15, 0.2) is 111 Å². The zero-order chi connectivity index (χ0) is 92.1. The molecule has 14 N–H and O–H groups in total. The number of amides is 2. The molecule has 0 fully saturated rings. The van der Waals surface area contributed by atoms with Gasteiger partial charge in [0.15, 0.2) is 0 Å². The topological polar surface area (TPSA) is 409 Å². The summed E-state index contributed by atoms with van der Waals surface area (Å²) in [6, 6.07) is 19.1. The van der Waals surface area contributed by atoms with Gasteiger partial charge in [0, 0.05) is 95.7 Å². The molecule has 0 unspecified atom stereocenters. The first kappa shape index (κ1) is 121. The Morgan fingerprint density at radius 3 is 1.08 bits per heavy atom. The van der Waals surface area contributed by atoms with Gasteiger partial charge in [-0.1, -0.05) is 55.0 Å². The molecule has 719 valence electrons. The van der Waals surface area contributed by atoms with E-state index in [9.17, 15) is 9.59 Å². The van der Waals surface area contributed by atoms with Gasteiger partial charge < -0.3 is 67.8 Å². The first-order valence-electron chi connectivity index (χ1n) is 40.1. The molecule has 0 spiro atoms. The Morgan fingerprint density at radius 2 is 0.770 bits per heavy atom. The van der Waals surface area contributed by atoms with E-state index >= 15 is 13.2 Å². The van der Waals surface area contributed by atoms with E-state index in [1.54, 1.807) is 63.3 Å². The van der Waals surface area contributed by atoms with Crippen molar-refractivity contribution in [1.29, 1.82) is 0 Å². The highest BCUT2D eigenvalue weighted by Crippen LogP contribution is 2.91. The number of carbonyl (C=O) groups excluding carboxylic acids is 2. The van der Waals surface area contributed by atoms with Crippen molar-refractivity contribution in [3.05, 3.63) is 164 Å². The fraction of sp³-hybridized carbons (Fsp3) is 0.598. The van der Waals surface area contributed by atoms with Gasteiger partial charge in [0.05, 0.1) is 76.9 Å². The van der Waals surface area contributed by atoms with Crippen LogP contribution in [0.3, 0.4) is 0 Å². The van der Waals surface area contributed by atoms with E-state index in [1.807, 2.05) is 106 Å². The number of aliphatic imine (C=N–C) groups is 3. The zero-order valence-electron chi connectivity index (χ0n) is 80.7. The molecule has 3 aliphatic rings. The average molecular weight is 1900 g/mol. The minimum atomic E-state index is -3.20. The van der Waals surface area contributed by atoms with Crippen molar-refractivity contribution in [2.45, 2.75) is 187 Å². The van der Waals surface area contributed by atoms with E-state index in [2.05, 4.69) is 180 Å². The number of methoxy groups -OCH3 is 2. The summed E-state index contributed by atoms with van der Waals surface area (Å²) in [7, 11) is -1.33. The van der Waals surface area contributed by atoms with Gasteiger partial charge >= 0.3 is 12.2 Å². The number of benzene rings is 3. The second-order valence-electron chi connectivity index (χ2n) is 42.6. The number of nitrogens with two attached hydrogens (primary N) is 4. The molecule has 7 aromatic rings. The first-order valence-corrected chi connectivity index (χ1v) is 53.7. The lowest BCUT2D eigenvalue weighted by molar-refractivity contribution is -0.00391. The van der Waals surface area contributed by atoms with Crippen LogP contribution in [0.25, 0.3) is 22.1 Å². The average Bonchev–Trinajstić information content (AvgIpc) is 0.675. The molecule has 26 nitrogen and oxygen atoms in total. The third-order valence-corrected chi connectivity index (χ3v) is 45.7. The Morgan fingerprint density at radius 1 is 0.468 bits per heavy atom. The number of hydrogen-bond acceptors (Lipinski definition) is 21. The summed E-state index contributed by atoms with van der Waals surface area (Å²) in [6.45, 7) is 34.8. The molecule has 2 amide bonds. The van der Waals surface area contributed by atoms with Crippen LogP contribution < -0.4 is 22.9 Å². The lowest BCUT2D eigenvalue weighted by atomic mass is 9.90. The summed E-state index contributed by atoms with van der Waals surface area (Å²) in [5.41, 5.74) is 25.7. The Kier molecular flexibility index (Phi) is 39.2. The van der Waals surface area contributed by atoms with Gasteiger partial charge in [0.1, 0.15) is 70.7 Å². The summed E-state index contributed by atoms with van der Waals surface area (Å²) in [5, 5.41) is 0. The number of fused-ring (bicyclic) bond motifs is 2. The standard InChI is InChI=1S/C35H52FN5O4S.C26H44BrFN2O4S.C26H36FN5S.3CH5N.2CH4.B.3H2O/c1-24-21-38-30-28(39-24)15-16-37-29(30)20-25-13-14-27(36)26(19-25)35(7)22-46(9,10,11,12)34(5,6)31(40-35)41(23-44-18-17-43-8)32(42)45-33(2,3)4;1-24(2,3)34-23(31)30(18-33-15-14-32-7)22-25(4,5)35(8,9,10,11)17-26(6,29-22)20-16-19(27)12-13-21(20)28;1-17-15-30-23-21(31-17)11-12-29-22(23)14-18-9-10-20(27)19(13-18)26(4)16-33(5,6,7,8)25(2,3)24(28)32-26;3*1-2;;;;;;/h13-16,19,21H,17-18,20,22-23H2,1-12H3;12-13,16H,14-15,17-18H2,1-11H3;9-13,15H,14,16H2,1-8H3,(H2,28,32);3*2H2,1H3;2*1H4;;3*1H2/t35-;2*26-;;;;;;;;;/m000........./s1. The molecular formula is C92H161BBrF3N15O11S3. The summed E-state index contributed by atoms with van der Waals surface area (Å²) in [5.74, 6) is 2.68. The van der Waals surface area contributed by atoms with Crippen LogP contribution in [0, 0.1) is 31.3 Å². The number of aryl methyl sites for hydroxylation is 2. The number of amidine groups is 3. The van der Waals surface area contributed by atoms with E-state index in [0.29, 0.717) is 78.4 Å². The highest BCUT2D eigenvalue weighted by atomic mass is 79.9. The maximum absolute atomic E-state index is 16.1. The molecule has 10 rings (SSSR count). The van der Waals surface area contributed by atoms with Gasteiger partial charge in [0.25, 0.3) is 0 Å².